The van der Waals surface area contributed by atoms with Crippen molar-refractivity contribution in [1.82, 2.24) is 35.2 Å². The standard InChI is InChI=1S/C24H28N8O/c1-4-5-6-22-29-30-31-32(22)24(12-20-15-26-17(3)14-27-20)10-18(9-19(11-24)23(25)33)21-8-7-16(2)13-28-21/h7-10,13-15H,4-6,11-12H2,1-3H3,(H2,25,33). The van der Waals surface area contributed by atoms with Crippen molar-refractivity contribution in [3.63, 3.8) is 0 Å². The van der Waals surface area contributed by atoms with Gasteiger partial charge in [-0.3, -0.25) is 19.7 Å². The summed E-state index contributed by atoms with van der Waals surface area (Å²) in [6, 6.07) is 3.93. The summed E-state index contributed by atoms with van der Waals surface area (Å²) in [4.78, 5) is 26.0. The van der Waals surface area contributed by atoms with Crippen LogP contribution in [0.2, 0.25) is 0 Å². The molecule has 0 saturated heterocycles. The van der Waals surface area contributed by atoms with Crippen LogP contribution in [0.25, 0.3) is 5.57 Å². The van der Waals surface area contributed by atoms with Gasteiger partial charge in [-0.15, -0.1) is 5.10 Å². The zero-order valence-electron chi connectivity index (χ0n) is 19.2. The maximum Gasteiger partial charge on any atom is 0.244 e. The van der Waals surface area contributed by atoms with Crippen LogP contribution in [0, 0.1) is 13.8 Å². The van der Waals surface area contributed by atoms with Crippen LogP contribution in [-0.4, -0.2) is 41.1 Å². The highest BCUT2D eigenvalue weighted by molar-refractivity contribution is 5.96. The number of nitrogens with two attached hydrogens (primary N) is 1. The first-order valence-corrected chi connectivity index (χ1v) is 11.1. The van der Waals surface area contributed by atoms with Crippen LogP contribution in [0.3, 0.4) is 0 Å². The summed E-state index contributed by atoms with van der Waals surface area (Å²) < 4.78 is 1.83. The molecular formula is C24H28N8O. The summed E-state index contributed by atoms with van der Waals surface area (Å²) >= 11 is 0. The van der Waals surface area contributed by atoms with Gasteiger partial charge in [0, 0.05) is 43.4 Å². The van der Waals surface area contributed by atoms with Crippen molar-refractivity contribution in [3.05, 3.63) is 76.9 Å². The number of aromatic nitrogens is 7. The Labute approximate surface area is 192 Å². The third-order valence-corrected chi connectivity index (χ3v) is 5.81. The second-order valence-corrected chi connectivity index (χ2v) is 8.57. The lowest BCUT2D eigenvalue weighted by Gasteiger charge is -2.35. The van der Waals surface area contributed by atoms with Crippen molar-refractivity contribution in [3.8, 4) is 0 Å². The molecule has 0 spiro atoms. The number of tetrazole rings is 1. The Kier molecular flexibility index (Phi) is 6.39. The van der Waals surface area contributed by atoms with Crippen LogP contribution < -0.4 is 5.73 Å². The van der Waals surface area contributed by atoms with Gasteiger partial charge < -0.3 is 5.73 Å². The second kappa shape index (κ2) is 9.40. The van der Waals surface area contributed by atoms with Gasteiger partial charge in [-0.05, 0) is 60.1 Å². The van der Waals surface area contributed by atoms with Crippen LogP contribution in [0.5, 0.6) is 0 Å². The molecule has 2 N–H and O–H groups in total. The van der Waals surface area contributed by atoms with Gasteiger partial charge in [-0.1, -0.05) is 19.4 Å². The quantitative estimate of drug-likeness (QED) is 0.566. The number of nitrogens with zero attached hydrogens (tertiary/aromatic N) is 7. The first-order valence-electron chi connectivity index (χ1n) is 11.1. The zero-order valence-corrected chi connectivity index (χ0v) is 19.2. The lowest BCUT2D eigenvalue weighted by atomic mass is 9.79. The number of pyridine rings is 1. The summed E-state index contributed by atoms with van der Waals surface area (Å²) in [6.45, 7) is 6.01. The Morgan fingerprint density at radius 2 is 2.00 bits per heavy atom. The first-order chi connectivity index (χ1) is 15.9. The van der Waals surface area contributed by atoms with Crippen molar-refractivity contribution in [1.29, 1.82) is 0 Å². The number of allylic oxidation sites excluding steroid dienone is 3. The number of carbonyl (C=O) groups is 1. The summed E-state index contributed by atoms with van der Waals surface area (Å²) in [5.41, 5.74) is 9.72. The van der Waals surface area contributed by atoms with Gasteiger partial charge in [0.05, 0.1) is 22.6 Å². The average molecular weight is 445 g/mol. The molecule has 3 aromatic rings. The van der Waals surface area contributed by atoms with E-state index in [1.54, 1.807) is 18.6 Å². The van der Waals surface area contributed by atoms with Crippen LogP contribution in [0.1, 0.15) is 54.7 Å². The molecule has 9 nitrogen and oxygen atoms in total. The zero-order chi connectivity index (χ0) is 23.4. The number of carbonyl (C=O) groups excluding carboxylic acids is 1. The number of primary amides is 1. The molecule has 9 heteroatoms. The molecule has 1 amide bonds. The Hall–Kier alpha value is -3.75. The largest absolute Gasteiger partial charge is 0.366 e. The lowest BCUT2D eigenvalue weighted by Crippen LogP contribution is -2.40. The fourth-order valence-electron chi connectivity index (χ4n) is 4.09. The molecule has 3 heterocycles. The smallest absolute Gasteiger partial charge is 0.244 e. The maximum atomic E-state index is 12.4. The molecule has 4 rings (SSSR count). The average Bonchev–Trinajstić information content (AvgIpc) is 3.29. The molecule has 0 saturated carbocycles. The van der Waals surface area contributed by atoms with Gasteiger partial charge >= 0.3 is 0 Å². The summed E-state index contributed by atoms with van der Waals surface area (Å²) in [5.74, 6) is 0.283. The molecule has 0 fully saturated rings. The van der Waals surface area contributed by atoms with E-state index in [1.165, 1.54) is 0 Å². The Morgan fingerprint density at radius 1 is 1.15 bits per heavy atom. The summed E-state index contributed by atoms with van der Waals surface area (Å²) in [6.07, 6.45) is 12.7. The van der Waals surface area contributed by atoms with Crippen LogP contribution in [0.4, 0.5) is 0 Å². The second-order valence-electron chi connectivity index (χ2n) is 8.57. The highest BCUT2D eigenvalue weighted by Gasteiger charge is 2.39. The molecule has 0 aromatic carbocycles. The van der Waals surface area contributed by atoms with E-state index in [9.17, 15) is 4.79 Å². The molecule has 1 unspecified atom stereocenters. The Morgan fingerprint density at radius 3 is 2.67 bits per heavy atom. The number of unbranched alkanes of at least 4 members (excludes halogenated alkanes) is 1. The van der Waals surface area contributed by atoms with Gasteiger partial charge in [0.25, 0.3) is 0 Å². The first kappa shape index (κ1) is 22.4. The number of aryl methyl sites for hydroxylation is 3. The van der Waals surface area contributed by atoms with E-state index in [0.29, 0.717) is 18.4 Å². The minimum absolute atomic E-state index is 0.345. The third-order valence-electron chi connectivity index (χ3n) is 5.81. The van der Waals surface area contributed by atoms with Crippen molar-refractivity contribution >= 4 is 11.5 Å². The molecule has 170 valence electrons. The van der Waals surface area contributed by atoms with E-state index in [-0.39, 0.29) is 0 Å². The van der Waals surface area contributed by atoms with Gasteiger partial charge in [0.2, 0.25) is 5.91 Å². The number of rotatable bonds is 8. The number of hydrogen-bond donors (Lipinski definition) is 1. The van der Waals surface area contributed by atoms with E-state index in [4.69, 9.17) is 5.73 Å². The highest BCUT2D eigenvalue weighted by Crippen LogP contribution is 2.38. The molecule has 0 aliphatic heterocycles. The normalized spacial score (nSPS) is 18.0. The third kappa shape index (κ3) is 4.87. The van der Waals surface area contributed by atoms with E-state index < -0.39 is 11.4 Å². The molecule has 3 aromatic heterocycles. The van der Waals surface area contributed by atoms with E-state index in [0.717, 1.165) is 53.3 Å². The monoisotopic (exact) mass is 444 g/mol. The van der Waals surface area contributed by atoms with Gasteiger partial charge in [-0.25, -0.2) is 4.68 Å². The van der Waals surface area contributed by atoms with E-state index in [1.807, 2.05) is 36.7 Å². The van der Waals surface area contributed by atoms with Gasteiger partial charge in [-0.2, -0.15) is 0 Å². The van der Waals surface area contributed by atoms with Crippen molar-refractivity contribution < 1.29 is 4.79 Å². The molecule has 0 bridgehead atoms. The maximum absolute atomic E-state index is 12.4. The minimum atomic E-state index is -0.780. The SMILES string of the molecule is CCCCc1nnnn1C1(Cc2cnc(C)cn2)C=C(c2ccc(C)cn2)C=C(C(N)=O)C1. The predicted molar refractivity (Wildman–Crippen MR) is 124 cm³/mol. The molecule has 1 atom stereocenters. The van der Waals surface area contributed by atoms with Crippen LogP contribution >= 0.6 is 0 Å². The van der Waals surface area contributed by atoms with Crippen molar-refractivity contribution in [2.75, 3.05) is 0 Å². The Balaban J connectivity index is 1.89. The number of amides is 1. The van der Waals surface area contributed by atoms with Gasteiger partial charge in [0.1, 0.15) is 0 Å². The topological polar surface area (TPSA) is 125 Å². The molecular weight excluding hydrogens is 416 g/mol. The van der Waals surface area contributed by atoms with Crippen LogP contribution in [0.15, 0.2) is 48.4 Å². The lowest BCUT2D eigenvalue weighted by molar-refractivity contribution is -0.114. The van der Waals surface area contributed by atoms with E-state index in [2.05, 4.69) is 43.5 Å². The minimum Gasteiger partial charge on any atom is -0.366 e. The van der Waals surface area contributed by atoms with E-state index >= 15 is 0 Å². The summed E-state index contributed by atoms with van der Waals surface area (Å²) in [7, 11) is 0. The molecule has 1 aliphatic rings. The Bertz CT molecular complexity index is 1190. The van der Waals surface area contributed by atoms with Crippen molar-refractivity contribution in [2.45, 2.75) is 58.4 Å². The predicted octanol–water partition coefficient (Wildman–Crippen LogP) is 2.65. The van der Waals surface area contributed by atoms with Crippen molar-refractivity contribution in [2.24, 2.45) is 5.73 Å². The number of hydrogen-bond acceptors (Lipinski definition) is 7. The highest BCUT2D eigenvalue weighted by atomic mass is 16.1. The van der Waals surface area contributed by atoms with Crippen LogP contribution in [-0.2, 0) is 23.2 Å². The van der Waals surface area contributed by atoms with Gasteiger partial charge in [0.15, 0.2) is 5.82 Å². The fourth-order valence-corrected chi connectivity index (χ4v) is 4.09. The molecule has 33 heavy (non-hydrogen) atoms. The molecule has 1 aliphatic carbocycles. The summed E-state index contributed by atoms with van der Waals surface area (Å²) in [5, 5.41) is 12.6. The fraction of sp³-hybridized carbons (Fsp3) is 0.375. The molecule has 0 radical (unpaired) electrons.